The quantitative estimate of drug-likeness (QED) is 0.896. The highest BCUT2D eigenvalue weighted by atomic mass is 32.2. The van der Waals surface area contributed by atoms with Crippen molar-refractivity contribution >= 4 is 15.9 Å². The molecule has 4 bridgehead atoms. The number of carbonyl (C=O) groups is 1. The normalized spacial score (nSPS) is 33.0. The fraction of sp³-hybridized carbons (Fsp3) is 0.579. The molecule has 1 amide bonds. The average molecular weight is 358 g/mol. The summed E-state index contributed by atoms with van der Waals surface area (Å²) in [6.07, 6.45) is 6.17. The molecule has 4 fully saturated rings. The topological polar surface area (TPSA) is 87.0 Å². The van der Waals surface area contributed by atoms with Gasteiger partial charge in [0.2, 0.25) is 15.9 Å². The van der Waals surface area contributed by atoms with Crippen LogP contribution in [0.5, 0.6) is 0 Å². The molecule has 0 aromatic heterocycles. The maximum atomic E-state index is 12.9. The van der Waals surface area contributed by atoms with E-state index in [0.29, 0.717) is 28.9 Å². The molecule has 0 atom stereocenters. The molecular weight excluding hydrogens is 336 g/mol. The van der Waals surface area contributed by atoms with Gasteiger partial charge < -0.3 is 0 Å². The van der Waals surface area contributed by atoms with Crippen LogP contribution in [0.25, 0.3) is 0 Å². The van der Waals surface area contributed by atoms with Gasteiger partial charge in [-0.15, -0.1) is 0 Å². The van der Waals surface area contributed by atoms with Crippen molar-refractivity contribution in [3.63, 3.8) is 0 Å². The van der Waals surface area contributed by atoms with Gasteiger partial charge in [-0.1, -0.05) is 12.1 Å². The summed E-state index contributed by atoms with van der Waals surface area (Å²) in [7, 11) is -3.73. The zero-order chi connectivity index (χ0) is 17.7. The van der Waals surface area contributed by atoms with Crippen LogP contribution in [0, 0.1) is 34.5 Å². The van der Waals surface area contributed by atoms with Crippen molar-refractivity contribution in [2.45, 2.75) is 44.3 Å². The number of nitrogens with one attached hydrogen (secondary N) is 1. The third-order valence-electron chi connectivity index (χ3n) is 6.21. The summed E-state index contributed by atoms with van der Waals surface area (Å²) >= 11 is 0. The number of carbonyl (C=O) groups excluding carboxylic acids is 1. The van der Waals surface area contributed by atoms with Crippen molar-refractivity contribution < 1.29 is 13.2 Å². The number of hydrogen-bond donors (Lipinski definition) is 1. The molecule has 0 aliphatic heterocycles. The number of nitriles is 1. The van der Waals surface area contributed by atoms with Crippen LogP contribution < -0.4 is 4.72 Å². The van der Waals surface area contributed by atoms with Crippen molar-refractivity contribution in [3.8, 4) is 6.07 Å². The molecule has 0 saturated heterocycles. The van der Waals surface area contributed by atoms with Gasteiger partial charge in [0.1, 0.15) is 0 Å². The lowest BCUT2D eigenvalue weighted by molar-refractivity contribution is -0.144. The van der Waals surface area contributed by atoms with Gasteiger partial charge in [0.15, 0.2) is 0 Å². The van der Waals surface area contributed by atoms with Crippen molar-refractivity contribution in [2.75, 3.05) is 0 Å². The van der Waals surface area contributed by atoms with Crippen LogP contribution in [0.15, 0.2) is 24.3 Å². The Morgan fingerprint density at radius 2 is 1.60 bits per heavy atom. The fourth-order valence-corrected chi connectivity index (χ4v) is 6.77. The highest BCUT2D eigenvalue weighted by molar-refractivity contribution is 7.89. The smallest absolute Gasteiger partial charge is 0.239 e. The van der Waals surface area contributed by atoms with Gasteiger partial charge in [-0.3, -0.25) is 9.52 Å². The highest BCUT2D eigenvalue weighted by Crippen LogP contribution is 2.60. The second-order valence-corrected chi connectivity index (χ2v) is 9.92. The molecule has 5 rings (SSSR count). The molecule has 25 heavy (non-hydrogen) atoms. The first-order valence-electron chi connectivity index (χ1n) is 8.91. The minimum absolute atomic E-state index is 0.239. The Morgan fingerprint density at radius 3 is 2.08 bits per heavy atom. The molecular formula is C19H22N2O3S. The third kappa shape index (κ3) is 3.18. The van der Waals surface area contributed by atoms with E-state index in [1.165, 1.54) is 19.3 Å². The Hall–Kier alpha value is -1.87. The van der Waals surface area contributed by atoms with Crippen LogP contribution in [0.3, 0.4) is 0 Å². The summed E-state index contributed by atoms with van der Waals surface area (Å²) in [6, 6.07) is 8.42. The van der Waals surface area contributed by atoms with Gasteiger partial charge in [-0.25, -0.2) is 8.42 Å². The number of benzene rings is 1. The summed E-state index contributed by atoms with van der Waals surface area (Å²) in [4.78, 5) is 12.9. The summed E-state index contributed by atoms with van der Waals surface area (Å²) < 4.78 is 27.3. The molecule has 1 aromatic rings. The molecule has 4 aliphatic carbocycles. The van der Waals surface area contributed by atoms with E-state index in [-0.39, 0.29) is 11.7 Å². The minimum atomic E-state index is -3.73. The average Bonchev–Trinajstić information content (AvgIpc) is 2.53. The van der Waals surface area contributed by atoms with Crippen LogP contribution in [0.2, 0.25) is 0 Å². The predicted molar refractivity (Wildman–Crippen MR) is 92.5 cm³/mol. The predicted octanol–water partition coefficient (Wildman–Crippen LogP) is 2.72. The first-order chi connectivity index (χ1) is 11.9. The number of hydrogen-bond acceptors (Lipinski definition) is 4. The standard InChI is InChI=1S/C19H22N2O3S/c20-11-13-1-3-14(4-2-13)12-25(23,24)21-18(22)19-8-15-5-16(9-19)7-17(6-15)10-19/h1-4,15-17H,5-10,12H2,(H,21,22). The monoisotopic (exact) mass is 358 g/mol. The zero-order valence-electron chi connectivity index (χ0n) is 14.1. The molecule has 0 radical (unpaired) electrons. The first kappa shape index (κ1) is 16.6. The summed E-state index contributed by atoms with van der Waals surface area (Å²) in [6.45, 7) is 0. The van der Waals surface area contributed by atoms with Crippen LogP contribution in [0.4, 0.5) is 0 Å². The summed E-state index contributed by atoms with van der Waals surface area (Å²) in [5, 5.41) is 8.81. The van der Waals surface area contributed by atoms with Gasteiger partial charge in [0.25, 0.3) is 0 Å². The number of nitrogens with zero attached hydrogens (tertiary/aromatic N) is 1. The molecule has 0 spiro atoms. The highest BCUT2D eigenvalue weighted by Gasteiger charge is 2.55. The van der Waals surface area contributed by atoms with Gasteiger partial charge in [0, 0.05) is 0 Å². The van der Waals surface area contributed by atoms with Crippen LogP contribution in [-0.4, -0.2) is 14.3 Å². The second kappa shape index (κ2) is 5.84. The van der Waals surface area contributed by atoms with E-state index in [1.54, 1.807) is 24.3 Å². The molecule has 1 N–H and O–H groups in total. The van der Waals surface area contributed by atoms with E-state index in [0.717, 1.165) is 19.3 Å². The number of amides is 1. The van der Waals surface area contributed by atoms with Crippen LogP contribution in [0.1, 0.15) is 49.7 Å². The lowest BCUT2D eigenvalue weighted by Gasteiger charge is -2.55. The van der Waals surface area contributed by atoms with E-state index in [9.17, 15) is 13.2 Å². The van der Waals surface area contributed by atoms with Crippen molar-refractivity contribution in [3.05, 3.63) is 35.4 Å². The SMILES string of the molecule is N#Cc1ccc(CS(=O)(=O)NC(=O)C23CC4CC(CC(C4)C2)C3)cc1. The maximum absolute atomic E-state index is 12.9. The van der Waals surface area contributed by atoms with E-state index in [4.69, 9.17) is 5.26 Å². The Kier molecular flexibility index (Phi) is 3.88. The largest absolute Gasteiger partial charge is 0.273 e. The molecule has 4 saturated carbocycles. The van der Waals surface area contributed by atoms with Crippen LogP contribution >= 0.6 is 0 Å². The molecule has 132 valence electrons. The van der Waals surface area contributed by atoms with E-state index in [2.05, 4.69) is 4.72 Å². The lowest BCUT2D eigenvalue weighted by Crippen LogP contribution is -2.54. The summed E-state index contributed by atoms with van der Waals surface area (Å²) in [5.74, 6) is 1.26. The fourth-order valence-electron chi connectivity index (χ4n) is 5.57. The van der Waals surface area contributed by atoms with Gasteiger partial charge in [-0.2, -0.15) is 5.26 Å². The Labute approximate surface area is 148 Å². The first-order valence-corrected chi connectivity index (χ1v) is 10.6. The Balaban J connectivity index is 1.47. The third-order valence-corrected chi connectivity index (χ3v) is 7.42. The van der Waals surface area contributed by atoms with Crippen molar-refractivity contribution in [1.82, 2.24) is 4.72 Å². The van der Waals surface area contributed by atoms with Gasteiger partial charge in [0.05, 0.1) is 22.8 Å². The van der Waals surface area contributed by atoms with Crippen molar-refractivity contribution in [2.24, 2.45) is 23.2 Å². The van der Waals surface area contributed by atoms with Gasteiger partial charge in [-0.05, 0) is 74.0 Å². The second-order valence-electron chi connectivity index (χ2n) is 8.20. The Bertz CT molecular complexity index is 801. The van der Waals surface area contributed by atoms with Gasteiger partial charge >= 0.3 is 0 Å². The molecule has 4 aliphatic rings. The lowest BCUT2D eigenvalue weighted by atomic mass is 9.49. The van der Waals surface area contributed by atoms with E-state index < -0.39 is 15.4 Å². The molecule has 5 nitrogen and oxygen atoms in total. The molecule has 0 unspecified atom stereocenters. The maximum Gasteiger partial charge on any atom is 0.239 e. The number of sulfonamides is 1. The number of rotatable bonds is 4. The van der Waals surface area contributed by atoms with E-state index in [1.807, 2.05) is 6.07 Å². The minimum Gasteiger partial charge on any atom is -0.273 e. The van der Waals surface area contributed by atoms with Crippen LogP contribution in [-0.2, 0) is 20.6 Å². The summed E-state index contributed by atoms with van der Waals surface area (Å²) in [5.41, 5.74) is 0.593. The Morgan fingerprint density at radius 1 is 1.08 bits per heavy atom. The zero-order valence-corrected chi connectivity index (χ0v) is 14.9. The molecule has 0 heterocycles. The van der Waals surface area contributed by atoms with E-state index >= 15 is 0 Å². The van der Waals surface area contributed by atoms with Crippen molar-refractivity contribution in [1.29, 1.82) is 5.26 Å². The molecule has 1 aromatic carbocycles. The molecule has 6 heteroatoms.